The molecule has 1 N–H and O–H groups in total. The number of allylic oxidation sites excluding steroid dienone is 1. The van der Waals surface area contributed by atoms with Crippen molar-refractivity contribution in [3.63, 3.8) is 0 Å². The van der Waals surface area contributed by atoms with E-state index in [1.807, 2.05) is 0 Å². The number of nitrogens with one attached hydrogen (secondary N) is 1. The number of alkyl halides is 5. The molecular formula is C26H19Cl3F6N2O. The van der Waals surface area contributed by atoms with Crippen LogP contribution in [0, 0.1) is 0 Å². The molecule has 2 aromatic carbocycles. The molecule has 3 aromatic rings. The molecule has 0 radical (unpaired) electrons. The van der Waals surface area contributed by atoms with Crippen molar-refractivity contribution in [2.24, 2.45) is 0 Å². The lowest BCUT2D eigenvalue weighted by molar-refractivity contribution is -0.139. The molecule has 202 valence electrons. The third kappa shape index (κ3) is 7.01. The molecule has 0 aliphatic rings. The van der Waals surface area contributed by atoms with E-state index in [1.54, 1.807) is 25.1 Å². The van der Waals surface area contributed by atoms with Crippen LogP contribution < -0.4 is 5.32 Å². The van der Waals surface area contributed by atoms with Crippen LogP contribution in [-0.4, -0.2) is 17.1 Å². The number of benzene rings is 2. The maximum absolute atomic E-state index is 15.1. The smallest absolute Gasteiger partial charge is 0.344 e. The predicted octanol–water partition coefficient (Wildman–Crippen LogP) is 9.30. The topological polar surface area (TPSA) is 42.0 Å². The third-order valence-electron chi connectivity index (χ3n) is 5.52. The summed E-state index contributed by atoms with van der Waals surface area (Å²) in [6.45, 7) is 2.08. The van der Waals surface area contributed by atoms with Gasteiger partial charge in [-0.25, -0.2) is 13.2 Å². The lowest BCUT2D eigenvalue weighted by Gasteiger charge is -2.20. The van der Waals surface area contributed by atoms with Gasteiger partial charge in [0.05, 0.1) is 26.8 Å². The fourth-order valence-corrected chi connectivity index (χ4v) is 4.22. The highest BCUT2D eigenvalue weighted by Crippen LogP contribution is 2.42. The van der Waals surface area contributed by atoms with Crippen LogP contribution in [0.15, 0.2) is 60.8 Å². The molecule has 3 rings (SSSR count). The standard InChI is InChI=1S/C26H19Cl3F6N2O/c1-13(22-5-3-4-8-36-22)37-24(38)16-7-6-14(9-18(16)25(2,31)32)21(30)12-17(26(33,34)35)15-10-19(27)23(29)20(28)11-15/h3-13,17H,1-2H3,(H,37,38)/b21-12-. The van der Waals surface area contributed by atoms with Gasteiger partial charge in [0.2, 0.25) is 0 Å². The second-order valence-electron chi connectivity index (χ2n) is 8.43. The number of hydrogen-bond donors (Lipinski definition) is 1. The fourth-order valence-electron chi connectivity index (χ4n) is 3.61. The molecule has 0 saturated heterocycles. The highest BCUT2D eigenvalue weighted by molar-refractivity contribution is 6.48. The van der Waals surface area contributed by atoms with E-state index in [2.05, 4.69) is 10.3 Å². The van der Waals surface area contributed by atoms with Crippen LogP contribution in [0.1, 0.15) is 58.5 Å². The van der Waals surface area contributed by atoms with Crippen molar-refractivity contribution in [1.29, 1.82) is 0 Å². The Balaban J connectivity index is 2.01. The van der Waals surface area contributed by atoms with Crippen LogP contribution in [0.3, 0.4) is 0 Å². The van der Waals surface area contributed by atoms with Crippen molar-refractivity contribution in [3.05, 3.63) is 104 Å². The molecule has 0 bridgehead atoms. The summed E-state index contributed by atoms with van der Waals surface area (Å²) in [5.74, 6) is -8.50. The largest absolute Gasteiger partial charge is 0.399 e. The molecular weight excluding hydrogens is 577 g/mol. The molecule has 38 heavy (non-hydrogen) atoms. The number of carbonyl (C=O) groups is 1. The quantitative estimate of drug-likeness (QED) is 0.218. The number of rotatable bonds is 7. The third-order valence-corrected chi connectivity index (χ3v) is 6.72. The van der Waals surface area contributed by atoms with Gasteiger partial charge in [-0.15, -0.1) is 0 Å². The van der Waals surface area contributed by atoms with E-state index in [0.29, 0.717) is 18.7 Å². The molecule has 0 aliphatic carbocycles. The minimum Gasteiger partial charge on any atom is -0.344 e. The number of aromatic nitrogens is 1. The van der Waals surface area contributed by atoms with Crippen LogP contribution in [0.25, 0.3) is 5.83 Å². The molecule has 1 amide bonds. The molecule has 0 aliphatic heterocycles. The van der Waals surface area contributed by atoms with Gasteiger partial charge in [-0.05, 0) is 55.0 Å². The van der Waals surface area contributed by atoms with Gasteiger partial charge in [-0.3, -0.25) is 9.78 Å². The molecule has 0 saturated carbocycles. The summed E-state index contributed by atoms with van der Waals surface area (Å²) < 4.78 is 85.6. The van der Waals surface area contributed by atoms with Crippen LogP contribution in [0.4, 0.5) is 26.3 Å². The van der Waals surface area contributed by atoms with Gasteiger partial charge in [0.15, 0.2) is 0 Å². The van der Waals surface area contributed by atoms with E-state index in [1.165, 1.54) is 6.20 Å². The zero-order valence-electron chi connectivity index (χ0n) is 19.7. The zero-order chi connectivity index (χ0) is 28.4. The number of carbonyl (C=O) groups excluding carboxylic acids is 1. The van der Waals surface area contributed by atoms with Crippen LogP contribution in [0.2, 0.25) is 15.1 Å². The lowest BCUT2D eigenvalue weighted by atomic mass is 9.94. The van der Waals surface area contributed by atoms with E-state index in [-0.39, 0.29) is 21.1 Å². The van der Waals surface area contributed by atoms with Crippen LogP contribution >= 0.6 is 34.8 Å². The lowest BCUT2D eigenvalue weighted by Crippen LogP contribution is -2.29. The number of pyridine rings is 1. The summed E-state index contributed by atoms with van der Waals surface area (Å²) in [5.41, 5.74) is -1.97. The van der Waals surface area contributed by atoms with E-state index < -0.39 is 58.0 Å². The Bertz CT molecular complexity index is 1330. The summed E-state index contributed by atoms with van der Waals surface area (Å²) in [6, 6.07) is 8.60. The Hall–Kier alpha value is -2.75. The first kappa shape index (κ1) is 29.8. The first-order chi connectivity index (χ1) is 17.6. The fraction of sp³-hybridized carbons (Fsp3) is 0.231. The second-order valence-corrected chi connectivity index (χ2v) is 9.62. The average molecular weight is 596 g/mol. The Morgan fingerprint density at radius 2 is 1.63 bits per heavy atom. The van der Waals surface area contributed by atoms with Crippen LogP contribution in [-0.2, 0) is 5.92 Å². The Labute approximate surface area is 229 Å². The minimum absolute atomic E-state index is 0.177. The average Bonchev–Trinajstić information content (AvgIpc) is 2.84. The molecule has 1 heterocycles. The molecule has 3 nitrogen and oxygen atoms in total. The summed E-state index contributed by atoms with van der Waals surface area (Å²) in [5, 5.41) is 1.80. The molecule has 12 heteroatoms. The van der Waals surface area contributed by atoms with Gasteiger partial charge < -0.3 is 5.32 Å². The van der Waals surface area contributed by atoms with Crippen molar-refractivity contribution in [2.75, 3.05) is 0 Å². The minimum atomic E-state index is -4.99. The molecule has 1 aromatic heterocycles. The normalized spacial score (nSPS) is 14.2. The zero-order valence-corrected chi connectivity index (χ0v) is 22.0. The summed E-state index contributed by atoms with van der Waals surface area (Å²) in [6.07, 6.45) is -3.28. The van der Waals surface area contributed by atoms with Gasteiger partial charge in [0.1, 0.15) is 11.7 Å². The molecule has 0 fully saturated rings. The number of halogens is 9. The Morgan fingerprint density at radius 3 is 2.16 bits per heavy atom. The summed E-state index contributed by atoms with van der Waals surface area (Å²) in [4.78, 5) is 16.9. The van der Waals surface area contributed by atoms with Gasteiger partial charge in [0, 0.05) is 29.8 Å². The Kier molecular flexibility index (Phi) is 9.06. The molecule has 2 unspecified atom stereocenters. The van der Waals surface area contributed by atoms with Crippen molar-refractivity contribution in [1.82, 2.24) is 10.3 Å². The van der Waals surface area contributed by atoms with Crippen molar-refractivity contribution in [3.8, 4) is 0 Å². The summed E-state index contributed by atoms with van der Waals surface area (Å²) >= 11 is 17.5. The maximum Gasteiger partial charge on any atom is 0.399 e. The van der Waals surface area contributed by atoms with E-state index in [4.69, 9.17) is 34.8 Å². The number of nitrogens with zero attached hydrogens (tertiary/aromatic N) is 1. The van der Waals surface area contributed by atoms with Gasteiger partial charge in [0.25, 0.3) is 11.8 Å². The van der Waals surface area contributed by atoms with Gasteiger partial charge in [-0.2, -0.15) is 13.2 Å². The van der Waals surface area contributed by atoms with E-state index >= 15 is 4.39 Å². The van der Waals surface area contributed by atoms with Crippen molar-refractivity contribution < 1.29 is 31.1 Å². The maximum atomic E-state index is 15.1. The van der Waals surface area contributed by atoms with Crippen molar-refractivity contribution in [2.45, 2.75) is 37.9 Å². The highest BCUT2D eigenvalue weighted by atomic mass is 35.5. The van der Waals surface area contributed by atoms with Gasteiger partial charge >= 0.3 is 6.18 Å². The predicted molar refractivity (Wildman–Crippen MR) is 135 cm³/mol. The number of hydrogen-bond acceptors (Lipinski definition) is 2. The first-order valence-corrected chi connectivity index (χ1v) is 12.1. The monoisotopic (exact) mass is 594 g/mol. The van der Waals surface area contributed by atoms with E-state index in [0.717, 1.165) is 24.3 Å². The number of amides is 1. The molecule has 0 spiro atoms. The highest BCUT2D eigenvalue weighted by Gasteiger charge is 2.40. The Morgan fingerprint density at radius 1 is 1.00 bits per heavy atom. The van der Waals surface area contributed by atoms with Gasteiger partial charge in [-0.1, -0.05) is 46.9 Å². The van der Waals surface area contributed by atoms with Crippen molar-refractivity contribution >= 4 is 46.5 Å². The first-order valence-electron chi connectivity index (χ1n) is 10.9. The SMILES string of the molecule is CC(NC(=O)c1ccc(/C(F)=C/C(c2cc(Cl)c(Cl)c(Cl)c2)C(F)(F)F)cc1C(C)(F)F)c1ccccn1. The summed E-state index contributed by atoms with van der Waals surface area (Å²) in [7, 11) is 0. The van der Waals surface area contributed by atoms with E-state index in [9.17, 15) is 26.7 Å². The van der Waals surface area contributed by atoms with Crippen LogP contribution in [0.5, 0.6) is 0 Å². The second kappa shape index (κ2) is 11.6. The molecule has 2 atom stereocenters.